The first-order valence-corrected chi connectivity index (χ1v) is 12.1. The fraction of sp³-hybridized carbons (Fsp3) is 0.393. The van der Waals surface area contributed by atoms with Crippen molar-refractivity contribution >= 4 is 27.7 Å². The molecule has 0 atom stereocenters. The first-order valence-electron chi connectivity index (χ1n) is 12.1. The molecule has 1 aliphatic heterocycles. The highest BCUT2D eigenvalue weighted by Crippen LogP contribution is 2.43. The summed E-state index contributed by atoms with van der Waals surface area (Å²) < 4.78 is 7.80. The van der Waals surface area contributed by atoms with E-state index >= 15 is 0 Å². The van der Waals surface area contributed by atoms with Gasteiger partial charge in [-0.1, -0.05) is 25.1 Å². The Balaban J connectivity index is 1.37. The molecule has 34 heavy (non-hydrogen) atoms. The van der Waals surface area contributed by atoms with E-state index < -0.39 is 0 Å². The van der Waals surface area contributed by atoms with Crippen molar-refractivity contribution in [3.05, 3.63) is 69.3 Å². The number of hydrogen-bond acceptors (Lipinski definition) is 5. The molecule has 0 amide bonds. The van der Waals surface area contributed by atoms with E-state index in [0.29, 0.717) is 5.92 Å². The molecule has 0 spiro atoms. The van der Waals surface area contributed by atoms with Gasteiger partial charge in [-0.25, -0.2) is 4.98 Å². The summed E-state index contributed by atoms with van der Waals surface area (Å²) in [4.78, 5) is 20.2. The van der Waals surface area contributed by atoms with Gasteiger partial charge in [0, 0.05) is 30.9 Å². The van der Waals surface area contributed by atoms with Gasteiger partial charge < -0.3 is 13.9 Å². The Kier molecular flexibility index (Phi) is 4.60. The van der Waals surface area contributed by atoms with Crippen molar-refractivity contribution in [1.82, 2.24) is 9.55 Å². The SMILES string of the molecule is Cc1ccc2oc(C3(C)CCN(c4c(C#N)c(=O)n(C)c5cc(C6CC6)ccc45)CC3)nc2c1. The maximum Gasteiger partial charge on any atom is 0.270 e. The molecule has 172 valence electrons. The number of hydrogen-bond donors (Lipinski definition) is 0. The Hall–Kier alpha value is -3.59. The number of nitrogens with zero attached hydrogens (tertiary/aromatic N) is 4. The summed E-state index contributed by atoms with van der Waals surface area (Å²) in [5, 5.41) is 10.9. The van der Waals surface area contributed by atoms with Crippen LogP contribution in [0.15, 0.2) is 45.6 Å². The number of nitriles is 1. The lowest BCUT2D eigenvalue weighted by molar-refractivity contribution is 0.292. The van der Waals surface area contributed by atoms with Crippen LogP contribution in [0.5, 0.6) is 0 Å². The minimum absolute atomic E-state index is 0.190. The highest BCUT2D eigenvalue weighted by atomic mass is 16.3. The highest BCUT2D eigenvalue weighted by Gasteiger charge is 2.37. The van der Waals surface area contributed by atoms with E-state index in [1.54, 1.807) is 11.6 Å². The molecule has 1 saturated carbocycles. The van der Waals surface area contributed by atoms with Gasteiger partial charge in [0.05, 0.1) is 11.2 Å². The van der Waals surface area contributed by atoms with Gasteiger partial charge in [0.2, 0.25) is 5.89 Å². The number of piperidine rings is 1. The zero-order valence-electron chi connectivity index (χ0n) is 19.9. The van der Waals surface area contributed by atoms with Crippen LogP contribution in [-0.4, -0.2) is 22.6 Å². The summed E-state index contributed by atoms with van der Waals surface area (Å²) in [6.45, 7) is 5.73. The van der Waals surface area contributed by atoms with Gasteiger partial charge in [0.25, 0.3) is 5.56 Å². The second-order valence-corrected chi connectivity index (χ2v) is 10.3. The summed E-state index contributed by atoms with van der Waals surface area (Å²) in [5.74, 6) is 1.38. The van der Waals surface area contributed by atoms with Gasteiger partial charge >= 0.3 is 0 Å². The maximum atomic E-state index is 13.1. The fourth-order valence-electron chi connectivity index (χ4n) is 5.37. The van der Waals surface area contributed by atoms with E-state index in [1.165, 1.54) is 24.0 Å². The molecule has 2 aromatic carbocycles. The average molecular weight is 453 g/mol. The van der Waals surface area contributed by atoms with Gasteiger partial charge in [0.15, 0.2) is 5.58 Å². The van der Waals surface area contributed by atoms with Crippen molar-refractivity contribution in [2.24, 2.45) is 7.05 Å². The molecule has 0 bridgehead atoms. The molecule has 1 saturated heterocycles. The van der Waals surface area contributed by atoms with Crippen LogP contribution in [0.2, 0.25) is 0 Å². The molecular weight excluding hydrogens is 424 g/mol. The molecule has 4 aromatic rings. The van der Waals surface area contributed by atoms with E-state index in [0.717, 1.165) is 59.5 Å². The van der Waals surface area contributed by atoms with Crippen LogP contribution in [0.3, 0.4) is 0 Å². The number of pyridine rings is 1. The second-order valence-electron chi connectivity index (χ2n) is 10.3. The Morgan fingerprint density at radius 2 is 1.91 bits per heavy atom. The number of anilines is 1. The largest absolute Gasteiger partial charge is 0.440 e. The lowest BCUT2D eigenvalue weighted by Crippen LogP contribution is -2.42. The number of benzene rings is 2. The third-order valence-electron chi connectivity index (χ3n) is 7.80. The third-order valence-corrected chi connectivity index (χ3v) is 7.80. The molecule has 3 heterocycles. The maximum absolute atomic E-state index is 13.1. The van der Waals surface area contributed by atoms with Crippen LogP contribution in [0.1, 0.15) is 61.1 Å². The van der Waals surface area contributed by atoms with Crippen LogP contribution in [0, 0.1) is 18.3 Å². The average Bonchev–Trinajstić information content (AvgIpc) is 3.60. The van der Waals surface area contributed by atoms with Crippen LogP contribution >= 0.6 is 0 Å². The number of aryl methyl sites for hydroxylation is 2. The van der Waals surface area contributed by atoms with Crippen LogP contribution in [0.25, 0.3) is 22.0 Å². The van der Waals surface area contributed by atoms with Crippen LogP contribution in [-0.2, 0) is 12.5 Å². The zero-order chi connectivity index (χ0) is 23.6. The minimum atomic E-state index is -0.222. The van der Waals surface area contributed by atoms with Crippen molar-refractivity contribution in [2.75, 3.05) is 18.0 Å². The Bertz CT molecular complexity index is 1540. The predicted molar refractivity (Wildman–Crippen MR) is 133 cm³/mol. The van der Waals surface area contributed by atoms with Crippen LogP contribution in [0.4, 0.5) is 5.69 Å². The molecule has 2 aliphatic rings. The third kappa shape index (κ3) is 3.22. The lowest BCUT2D eigenvalue weighted by Gasteiger charge is -2.39. The van der Waals surface area contributed by atoms with Crippen molar-refractivity contribution in [1.29, 1.82) is 5.26 Å². The molecule has 6 rings (SSSR count). The molecule has 2 fully saturated rings. The van der Waals surface area contributed by atoms with Crippen molar-refractivity contribution < 1.29 is 4.42 Å². The van der Waals surface area contributed by atoms with Gasteiger partial charge in [0.1, 0.15) is 17.1 Å². The standard InChI is InChI=1S/C28H28N4O2/c1-17-4-9-24-22(14-17)30-27(34-24)28(2)10-12-32(13-11-28)25-20-8-7-19(18-5-6-18)15-23(20)31(3)26(33)21(25)16-29/h4,7-9,14-15,18H,5-6,10-13H2,1-3H3. The Morgan fingerprint density at radius 1 is 1.15 bits per heavy atom. The van der Waals surface area contributed by atoms with Crippen molar-refractivity contribution in [3.63, 3.8) is 0 Å². The lowest BCUT2D eigenvalue weighted by atomic mass is 9.80. The van der Waals surface area contributed by atoms with Crippen LogP contribution < -0.4 is 10.5 Å². The number of rotatable bonds is 3. The highest BCUT2D eigenvalue weighted by molar-refractivity contribution is 5.95. The van der Waals surface area contributed by atoms with E-state index in [1.807, 2.05) is 12.1 Å². The first kappa shape index (κ1) is 21.0. The quantitative estimate of drug-likeness (QED) is 0.422. The molecule has 6 nitrogen and oxygen atoms in total. The smallest absolute Gasteiger partial charge is 0.270 e. The monoisotopic (exact) mass is 452 g/mol. The van der Waals surface area contributed by atoms with E-state index in [-0.39, 0.29) is 16.5 Å². The molecule has 1 aliphatic carbocycles. The zero-order valence-corrected chi connectivity index (χ0v) is 19.9. The summed E-state index contributed by atoms with van der Waals surface area (Å²) in [6.07, 6.45) is 4.09. The van der Waals surface area contributed by atoms with E-state index in [9.17, 15) is 10.1 Å². The first-order chi connectivity index (χ1) is 16.4. The molecule has 0 unspecified atom stereocenters. The molecular formula is C28H28N4O2. The molecule has 2 aromatic heterocycles. The normalized spacial score (nSPS) is 17.9. The van der Waals surface area contributed by atoms with Gasteiger partial charge in [-0.2, -0.15) is 5.26 Å². The van der Waals surface area contributed by atoms with Gasteiger partial charge in [-0.3, -0.25) is 4.79 Å². The number of fused-ring (bicyclic) bond motifs is 2. The summed E-state index contributed by atoms with van der Waals surface area (Å²) in [5.41, 5.74) is 5.68. The predicted octanol–water partition coefficient (Wildman–Crippen LogP) is 5.30. The molecule has 6 heteroatoms. The van der Waals surface area contributed by atoms with E-state index in [4.69, 9.17) is 9.40 Å². The molecule has 0 N–H and O–H groups in total. The van der Waals surface area contributed by atoms with Crippen molar-refractivity contribution in [3.8, 4) is 6.07 Å². The summed E-state index contributed by atoms with van der Waals surface area (Å²) >= 11 is 0. The fourth-order valence-corrected chi connectivity index (χ4v) is 5.37. The van der Waals surface area contributed by atoms with E-state index in [2.05, 4.69) is 49.1 Å². The second kappa shape index (κ2) is 7.46. The minimum Gasteiger partial charge on any atom is -0.440 e. The summed E-state index contributed by atoms with van der Waals surface area (Å²) in [6, 6.07) is 14.7. The van der Waals surface area contributed by atoms with Gasteiger partial charge in [-0.05, 0) is 67.9 Å². The summed E-state index contributed by atoms with van der Waals surface area (Å²) in [7, 11) is 1.77. The molecule has 0 radical (unpaired) electrons. The van der Waals surface area contributed by atoms with Gasteiger partial charge in [-0.15, -0.1) is 0 Å². The Morgan fingerprint density at radius 3 is 2.62 bits per heavy atom. The number of aromatic nitrogens is 2. The number of oxazole rings is 1. The van der Waals surface area contributed by atoms with Crippen molar-refractivity contribution in [2.45, 2.75) is 50.9 Å². The topological polar surface area (TPSA) is 75.1 Å². The Labute approximate surface area is 198 Å².